The Morgan fingerprint density at radius 2 is 2.05 bits per heavy atom. The van der Waals surface area contributed by atoms with Crippen LogP contribution in [0.5, 0.6) is 0 Å². The minimum absolute atomic E-state index is 0.322. The Bertz CT molecular complexity index is 379. The minimum Gasteiger partial charge on any atom is -0.126 e. The van der Waals surface area contributed by atoms with Crippen molar-refractivity contribution in [1.82, 2.24) is 0 Å². The van der Waals surface area contributed by atoms with E-state index in [4.69, 9.17) is 11.6 Å². The summed E-state index contributed by atoms with van der Waals surface area (Å²) in [7, 11) is 0. The summed E-state index contributed by atoms with van der Waals surface area (Å²) in [5, 5.41) is 0. The highest BCUT2D eigenvalue weighted by Crippen LogP contribution is 2.61. The summed E-state index contributed by atoms with van der Waals surface area (Å²) in [5.41, 5.74) is 2.16. The predicted octanol–water partition coefficient (Wildman–Crippen LogP) is 6.53. The smallest absolute Gasteiger partial charge is 0.0277 e. The quantitative estimate of drug-likeness (QED) is 0.408. The number of hydrogen-bond donors (Lipinski definition) is 0. The average Bonchev–Trinajstić information content (AvgIpc) is 2.78. The van der Waals surface area contributed by atoms with Crippen LogP contribution < -0.4 is 0 Å². The van der Waals surface area contributed by atoms with Gasteiger partial charge in [0.25, 0.3) is 0 Å². The van der Waals surface area contributed by atoms with Crippen LogP contribution in [0.25, 0.3) is 0 Å². The third-order valence-electron chi connectivity index (χ3n) is 4.84. The maximum absolute atomic E-state index is 6.24. The first kappa shape index (κ1) is 17.6. The van der Waals surface area contributed by atoms with Gasteiger partial charge in [0.1, 0.15) is 0 Å². The Morgan fingerprint density at radius 1 is 1.35 bits per heavy atom. The lowest BCUT2D eigenvalue weighted by atomic mass is 9.61. The molecule has 2 saturated carbocycles. The van der Waals surface area contributed by atoms with Crippen molar-refractivity contribution >= 4 is 11.6 Å². The molecule has 0 aromatic heterocycles. The zero-order valence-corrected chi connectivity index (χ0v) is 14.5. The number of hydrogen-bond acceptors (Lipinski definition) is 0. The highest BCUT2D eigenvalue weighted by molar-refractivity contribution is 6.18. The average molecular weight is 295 g/mol. The second kappa shape index (κ2) is 7.50. The van der Waals surface area contributed by atoms with Crippen molar-refractivity contribution in [2.24, 2.45) is 16.7 Å². The van der Waals surface area contributed by atoms with Crippen LogP contribution in [-0.2, 0) is 0 Å². The molecule has 0 aromatic carbocycles. The van der Waals surface area contributed by atoms with Gasteiger partial charge in [0.05, 0.1) is 0 Å². The van der Waals surface area contributed by atoms with Crippen LogP contribution in [0.15, 0.2) is 36.5 Å². The molecule has 0 nitrogen and oxygen atoms in total. The number of alkyl halides is 1. The molecule has 1 heteroatoms. The Balaban J connectivity index is 0.000000956. The first-order chi connectivity index (χ1) is 9.57. The van der Waals surface area contributed by atoms with Crippen molar-refractivity contribution in [2.75, 3.05) is 5.88 Å². The molecule has 3 atom stereocenters. The van der Waals surface area contributed by atoms with Crippen LogP contribution >= 0.6 is 11.6 Å². The number of fused-ring (bicyclic) bond motifs is 2. The van der Waals surface area contributed by atoms with Gasteiger partial charge in [-0.15, -0.1) is 11.6 Å². The van der Waals surface area contributed by atoms with Crippen molar-refractivity contribution in [2.45, 2.75) is 59.8 Å². The maximum Gasteiger partial charge on any atom is 0.0277 e. The minimum atomic E-state index is 0.322. The normalized spacial score (nSPS) is 36.6. The first-order valence-electron chi connectivity index (χ1n) is 8.09. The molecule has 0 aliphatic heterocycles. The predicted molar refractivity (Wildman–Crippen MR) is 92.3 cm³/mol. The molecule has 0 amide bonds. The van der Waals surface area contributed by atoms with Gasteiger partial charge in [-0.05, 0) is 61.3 Å². The lowest BCUT2D eigenvalue weighted by molar-refractivity contribution is 0.125. The Kier molecular flexibility index (Phi) is 6.58. The first-order valence-corrected chi connectivity index (χ1v) is 8.63. The number of halogens is 1. The molecule has 2 bridgehead atoms. The van der Waals surface area contributed by atoms with E-state index in [9.17, 15) is 0 Å². The maximum atomic E-state index is 6.24. The van der Waals surface area contributed by atoms with Crippen molar-refractivity contribution < 1.29 is 0 Å². The van der Waals surface area contributed by atoms with E-state index in [1.807, 2.05) is 19.9 Å². The van der Waals surface area contributed by atoms with Crippen LogP contribution in [0.3, 0.4) is 0 Å². The number of allylic oxidation sites excluding steroid dienone is 5. The third kappa shape index (κ3) is 3.58. The van der Waals surface area contributed by atoms with E-state index >= 15 is 0 Å². The van der Waals surface area contributed by atoms with E-state index in [0.717, 1.165) is 11.8 Å². The van der Waals surface area contributed by atoms with E-state index in [-0.39, 0.29) is 0 Å². The van der Waals surface area contributed by atoms with E-state index in [0.29, 0.717) is 10.8 Å². The van der Waals surface area contributed by atoms with Gasteiger partial charge in [-0.1, -0.05) is 51.7 Å². The molecule has 114 valence electrons. The summed E-state index contributed by atoms with van der Waals surface area (Å²) in [6.07, 6.45) is 15.2. The Hall–Kier alpha value is -0.490. The number of rotatable bonds is 4. The highest BCUT2D eigenvalue weighted by Gasteiger charge is 2.50. The van der Waals surface area contributed by atoms with E-state index in [1.165, 1.54) is 37.7 Å². The van der Waals surface area contributed by atoms with Gasteiger partial charge in [0.15, 0.2) is 0 Å². The van der Waals surface area contributed by atoms with Gasteiger partial charge >= 0.3 is 0 Å². The monoisotopic (exact) mass is 294 g/mol. The molecule has 2 aliphatic rings. The summed E-state index contributed by atoms with van der Waals surface area (Å²) in [6, 6.07) is 0. The fraction of sp³-hybridized carbons (Fsp3) is 0.684. The van der Waals surface area contributed by atoms with Gasteiger partial charge in [-0.3, -0.25) is 0 Å². The van der Waals surface area contributed by atoms with Gasteiger partial charge in [0.2, 0.25) is 0 Å². The molecular weight excluding hydrogens is 264 g/mol. The van der Waals surface area contributed by atoms with Crippen molar-refractivity contribution in [1.29, 1.82) is 0 Å². The van der Waals surface area contributed by atoms with Crippen LogP contribution in [0.2, 0.25) is 0 Å². The fourth-order valence-electron chi connectivity index (χ4n) is 4.34. The molecule has 3 unspecified atom stereocenters. The third-order valence-corrected chi connectivity index (χ3v) is 5.48. The summed E-state index contributed by atoms with van der Waals surface area (Å²) >= 11 is 6.24. The molecular formula is C19H31Cl. The van der Waals surface area contributed by atoms with Crippen LogP contribution in [0.4, 0.5) is 0 Å². The standard InChI is InChI=1S/C17H25Cl.C2H6/c1-4-6-15(7-5-2)17-9-8-14(11-17)10-16(3,12-17)13-18;1-2/h4-7,14H,1,8-13H2,2-3H3;1-2H3/b7-5-,15-6+;. The summed E-state index contributed by atoms with van der Waals surface area (Å²) in [6.45, 7) is 12.3. The fourth-order valence-corrected chi connectivity index (χ4v) is 4.54. The van der Waals surface area contributed by atoms with Crippen molar-refractivity contribution in [3.05, 3.63) is 36.5 Å². The molecule has 20 heavy (non-hydrogen) atoms. The van der Waals surface area contributed by atoms with Crippen molar-refractivity contribution in [3.8, 4) is 0 Å². The topological polar surface area (TPSA) is 0 Å². The summed E-state index contributed by atoms with van der Waals surface area (Å²) < 4.78 is 0. The molecule has 0 radical (unpaired) electrons. The van der Waals surface area contributed by atoms with Gasteiger partial charge in [-0.25, -0.2) is 0 Å². The summed E-state index contributed by atoms with van der Waals surface area (Å²) in [4.78, 5) is 0. The second-order valence-electron chi connectivity index (χ2n) is 6.57. The Labute approximate surface area is 131 Å². The van der Waals surface area contributed by atoms with E-state index in [1.54, 1.807) is 0 Å². The van der Waals surface area contributed by atoms with Gasteiger partial charge < -0.3 is 0 Å². The molecule has 2 fully saturated rings. The van der Waals surface area contributed by atoms with Crippen LogP contribution in [0.1, 0.15) is 59.8 Å². The largest absolute Gasteiger partial charge is 0.126 e. The van der Waals surface area contributed by atoms with Crippen LogP contribution in [0, 0.1) is 16.7 Å². The molecule has 0 N–H and O–H groups in total. The van der Waals surface area contributed by atoms with Gasteiger partial charge in [0, 0.05) is 5.88 Å². The molecule has 0 heterocycles. The molecule has 0 saturated heterocycles. The molecule has 2 aliphatic carbocycles. The molecule has 0 spiro atoms. The van der Waals surface area contributed by atoms with Crippen LogP contribution in [-0.4, -0.2) is 5.88 Å². The molecule has 0 aromatic rings. The second-order valence-corrected chi connectivity index (χ2v) is 6.84. The summed E-state index contributed by atoms with van der Waals surface area (Å²) in [5.74, 6) is 1.67. The molecule has 2 rings (SSSR count). The lowest BCUT2D eigenvalue weighted by Crippen LogP contribution is -2.36. The van der Waals surface area contributed by atoms with E-state index in [2.05, 4.69) is 38.7 Å². The van der Waals surface area contributed by atoms with E-state index < -0.39 is 0 Å². The highest BCUT2D eigenvalue weighted by atomic mass is 35.5. The van der Waals surface area contributed by atoms with Crippen molar-refractivity contribution in [3.63, 3.8) is 0 Å². The zero-order chi connectivity index (χ0) is 15.2. The SMILES string of the molecule is C=C/C=C(\C=C/C)C12CCC(CC(C)(CCl)C1)C2.CC. The van der Waals surface area contributed by atoms with Gasteiger partial charge in [-0.2, -0.15) is 0 Å². The zero-order valence-electron chi connectivity index (χ0n) is 13.7. The Morgan fingerprint density at radius 3 is 2.60 bits per heavy atom. The lowest BCUT2D eigenvalue weighted by Gasteiger charge is -2.44.